The van der Waals surface area contributed by atoms with Crippen molar-refractivity contribution in [2.45, 2.75) is 367 Å². The standard InChI is InChI=1S/C74H132O6/c1-4-7-10-13-16-19-22-25-27-29-30-31-32-33-34-35-36-37-38-39-40-41-42-43-44-45-47-49-52-55-58-61-64-67-73(76)79-70-71(69-78-72(75)66-63-60-57-54-51-48-24-21-18-15-12-9-6-3)80-74(77)68-65-62-59-56-53-50-46-28-26-23-20-17-14-11-8-5-2/h9,12,18,21-22,25,29-30,32-33,48,51,71H,4-8,10-11,13-17,19-20,23-24,26-28,31,34-47,49-50,52-70H2,1-3H3/b12-9-,21-18-,25-22-,30-29-,33-32-,51-48-. The van der Waals surface area contributed by atoms with Crippen LogP contribution in [0.5, 0.6) is 0 Å². The molecule has 0 radical (unpaired) electrons. The van der Waals surface area contributed by atoms with E-state index >= 15 is 0 Å². The summed E-state index contributed by atoms with van der Waals surface area (Å²) < 4.78 is 16.9. The average molecular weight is 1120 g/mol. The summed E-state index contributed by atoms with van der Waals surface area (Å²) in [6.45, 7) is 6.54. The van der Waals surface area contributed by atoms with Crippen LogP contribution < -0.4 is 0 Å². The quantitative estimate of drug-likeness (QED) is 0.0261. The Balaban J connectivity index is 4.14. The van der Waals surface area contributed by atoms with E-state index in [1.165, 1.54) is 225 Å². The predicted molar refractivity (Wildman–Crippen MR) is 348 cm³/mol. The Morgan fingerprint density at radius 3 is 0.775 bits per heavy atom. The van der Waals surface area contributed by atoms with E-state index in [0.29, 0.717) is 19.3 Å². The van der Waals surface area contributed by atoms with Crippen molar-refractivity contribution in [2.75, 3.05) is 13.2 Å². The number of ether oxygens (including phenoxy) is 3. The molecule has 0 fully saturated rings. The van der Waals surface area contributed by atoms with Crippen molar-refractivity contribution in [3.8, 4) is 0 Å². The first-order valence-electron chi connectivity index (χ1n) is 34.9. The van der Waals surface area contributed by atoms with Crippen LogP contribution in [-0.2, 0) is 28.6 Å². The maximum atomic E-state index is 12.9. The summed E-state index contributed by atoms with van der Waals surface area (Å²) in [6, 6.07) is 0. The lowest BCUT2D eigenvalue weighted by Crippen LogP contribution is -2.30. The monoisotopic (exact) mass is 1120 g/mol. The molecule has 0 aromatic heterocycles. The third kappa shape index (κ3) is 65.7. The Hall–Kier alpha value is -3.15. The molecule has 0 spiro atoms. The van der Waals surface area contributed by atoms with Crippen molar-refractivity contribution in [1.82, 2.24) is 0 Å². The second kappa shape index (κ2) is 68.3. The molecular weight excluding hydrogens is 985 g/mol. The second-order valence-corrected chi connectivity index (χ2v) is 23.4. The van der Waals surface area contributed by atoms with Gasteiger partial charge in [-0.15, -0.1) is 0 Å². The van der Waals surface area contributed by atoms with Crippen molar-refractivity contribution in [1.29, 1.82) is 0 Å². The minimum atomic E-state index is -0.785. The Labute approximate surface area is 497 Å². The van der Waals surface area contributed by atoms with Crippen LogP contribution in [0.2, 0.25) is 0 Å². The zero-order valence-electron chi connectivity index (χ0n) is 53.3. The molecule has 0 aromatic carbocycles. The minimum Gasteiger partial charge on any atom is -0.462 e. The molecule has 0 aliphatic rings. The van der Waals surface area contributed by atoms with Gasteiger partial charge < -0.3 is 14.2 Å². The average Bonchev–Trinajstić information content (AvgIpc) is 3.46. The van der Waals surface area contributed by atoms with Crippen molar-refractivity contribution in [3.05, 3.63) is 72.9 Å². The molecule has 0 heterocycles. The van der Waals surface area contributed by atoms with Crippen molar-refractivity contribution in [3.63, 3.8) is 0 Å². The summed E-state index contributed by atoms with van der Waals surface area (Å²) in [5.74, 6) is -0.890. The van der Waals surface area contributed by atoms with E-state index in [-0.39, 0.29) is 31.1 Å². The van der Waals surface area contributed by atoms with Gasteiger partial charge in [-0.25, -0.2) is 0 Å². The van der Waals surface area contributed by atoms with Gasteiger partial charge in [-0.3, -0.25) is 14.4 Å². The minimum absolute atomic E-state index is 0.0800. The summed E-state index contributed by atoms with van der Waals surface area (Å²) >= 11 is 0. The largest absolute Gasteiger partial charge is 0.462 e. The maximum absolute atomic E-state index is 12.9. The smallest absolute Gasteiger partial charge is 0.306 e. The van der Waals surface area contributed by atoms with E-state index in [2.05, 4.69) is 93.7 Å². The van der Waals surface area contributed by atoms with Crippen LogP contribution in [0.1, 0.15) is 361 Å². The molecule has 0 N–H and O–H groups in total. The molecule has 0 bridgehead atoms. The van der Waals surface area contributed by atoms with E-state index in [1.807, 2.05) is 0 Å². The molecule has 0 saturated heterocycles. The number of unbranched alkanes of at least 4 members (excludes halogenated alkanes) is 41. The Kier molecular flexibility index (Phi) is 65.7. The fourth-order valence-corrected chi connectivity index (χ4v) is 10.2. The van der Waals surface area contributed by atoms with Gasteiger partial charge in [0.15, 0.2) is 6.10 Å². The molecule has 0 amide bonds. The van der Waals surface area contributed by atoms with Crippen LogP contribution in [0.4, 0.5) is 0 Å². The first kappa shape index (κ1) is 76.9. The number of allylic oxidation sites excluding steroid dienone is 12. The number of carbonyl (C=O) groups excluding carboxylic acids is 3. The van der Waals surface area contributed by atoms with Crippen LogP contribution in [0.3, 0.4) is 0 Å². The molecule has 1 unspecified atom stereocenters. The van der Waals surface area contributed by atoms with E-state index in [9.17, 15) is 14.4 Å². The zero-order valence-corrected chi connectivity index (χ0v) is 53.3. The third-order valence-electron chi connectivity index (χ3n) is 15.4. The second-order valence-electron chi connectivity index (χ2n) is 23.4. The molecule has 0 aromatic rings. The Bertz CT molecular complexity index is 1470. The number of rotatable bonds is 64. The van der Waals surface area contributed by atoms with E-state index in [4.69, 9.17) is 14.2 Å². The van der Waals surface area contributed by atoms with E-state index < -0.39 is 6.10 Å². The van der Waals surface area contributed by atoms with Gasteiger partial charge in [-0.2, -0.15) is 0 Å². The summed E-state index contributed by atoms with van der Waals surface area (Å²) in [5.41, 5.74) is 0. The van der Waals surface area contributed by atoms with Crippen molar-refractivity contribution >= 4 is 17.9 Å². The molecular formula is C74H132O6. The third-order valence-corrected chi connectivity index (χ3v) is 15.4. The SMILES string of the molecule is CC/C=C\C/C=C\C/C=C\CCCCCC(=O)OCC(COC(=O)CCCCCCCCCCCCCCCCCCCC/C=C\C/C=C\C/C=C\CCCCCCC)OC(=O)CCCCCCCCCCCCCCCCCC. The van der Waals surface area contributed by atoms with Crippen LogP contribution in [0.25, 0.3) is 0 Å². The number of esters is 3. The Morgan fingerprint density at radius 2 is 0.487 bits per heavy atom. The van der Waals surface area contributed by atoms with Gasteiger partial charge in [0, 0.05) is 19.3 Å². The van der Waals surface area contributed by atoms with E-state index in [0.717, 1.165) is 96.3 Å². The van der Waals surface area contributed by atoms with Crippen molar-refractivity contribution < 1.29 is 28.6 Å². The van der Waals surface area contributed by atoms with Gasteiger partial charge in [-0.1, -0.05) is 325 Å². The lowest BCUT2D eigenvalue weighted by Gasteiger charge is -2.18. The highest BCUT2D eigenvalue weighted by molar-refractivity contribution is 5.71. The molecule has 464 valence electrons. The summed E-state index contributed by atoms with van der Waals surface area (Å²) in [6.07, 6.45) is 89.4. The highest BCUT2D eigenvalue weighted by atomic mass is 16.6. The molecule has 0 aliphatic carbocycles. The van der Waals surface area contributed by atoms with Gasteiger partial charge in [0.05, 0.1) is 0 Å². The van der Waals surface area contributed by atoms with Crippen LogP contribution in [-0.4, -0.2) is 37.2 Å². The lowest BCUT2D eigenvalue weighted by atomic mass is 10.0. The fraction of sp³-hybridized carbons (Fsp3) is 0.797. The predicted octanol–water partition coefficient (Wildman–Crippen LogP) is 24.1. The van der Waals surface area contributed by atoms with Gasteiger partial charge >= 0.3 is 17.9 Å². The number of hydrogen-bond acceptors (Lipinski definition) is 6. The number of carbonyl (C=O) groups is 3. The highest BCUT2D eigenvalue weighted by Crippen LogP contribution is 2.18. The normalized spacial score (nSPS) is 12.5. The first-order valence-corrected chi connectivity index (χ1v) is 34.9. The van der Waals surface area contributed by atoms with Gasteiger partial charge in [0.2, 0.25) is 0 Å². The molecule has 80 heavy (non-hydrogen) atoms. The molecule has 1 atom stereocenters. The molecule has 0 saturated carbocycles. The Morgan fingerprint density at radius 1 is 0.263 bits per heavy atom. The first-order chi connectivity index (χ1) is 39.5. The van der Waals surface area contributed by atoms with Crippen LogP contribution in [0.15, 0.2) is 72.9 Å². The highest BCUT2D eigenvalue weighted by Gasteiger charge is 2.19. The summed E-state index contributed by atoms with van der Waals surface area (Å²) in [5, 5.41) is 0. The van der Waals surface area contributed by atoms with Crippen molar-refractivity contribution in [2.24, 2.45) is 0 Å². The van der Waals surface area contributed by atoms with Gasteiger partial charge in [-0.05, 0) is 89.9 Å². The summed E-state index contributed by atoms with van der Waals surface area (Å²) in [7, 11) is 0. The van der Waals surface area contributed by atoms with Crippen LogP contribution in [0, 0.1) is 0 Å². The topological polar surface area (TPSA) is 78.9 Å². The number of hydrogen-bond donors (Lipinski definition) is 0. The maximum Gasteiger partial charge on any atom is 0.306 e. The van der Waals surface area contributed by atoms with E-state index in [1.54, 1.807) is 0 Å². The zero-order chi connectivity index (χ0) is 57.8. The molecule has 0 rings (SSSR count). The molecule has 6 heteroatoms. The van der Waals surface area contributed by atoms with Crippen LogP contribution >= 0.6 is 0 Å². The van der Waals surface area contributed by atoms with Gasteiger partial charge in [0.1, 0.15) is 13.2 Å². The molecule has 6 nitrogen and oxygen atoms in total. The lowest BCUT2D eigenvalue weighted by molar-refractivity contribution is -0.167. The summed E-state index contributed by atoms with van der Waals surface area (Å²) in [4.78, 5) is 38.3. The van der Waals surface area contributed by atoms with Gasteiger partial charge in [0.25, 0.3) is 0 Å². The fourth-order valence-electron chi connectivity index (χ4n) is 10.2. The molecule has 0 aliphatic heterocycles.